The van der Waals surface area contributed by atoms with Gasteiger partial charge in [0.1, 0.15) is 11.6 Å². The topological polar surface area (TPSA) is 58.6 Å². The molecule has 0 saturated carbocycles. The predicted molar refractivity (Wildman–Crippen MR) is 88.8 cm³/mol. The van der Waals surface area contributed by atoms with Gasteiger partial charge in [-0.2, -0.15) is 0 Å². The van der Waals surface area contributed by atoms with Crippen LogP contribution in [0.3, 0.4) is 0 Å². The van der Waals surface area contributed by atoms with Crippen LogP contribution in [0.5, 0.6) is 0 Å². The molecule has 1 aliphatic rings. The smallest absolute Gasteiger partial charge is 0.408 e. The van der Waals surface area contributed by atoms with Crippen LogP contribution in [0.25, 0.3) is 0 Å². The molecule has 2 amide bonds. The molecular weight excluding hydrogens is 292 g/mol. The monoisotopic (exact) mass is 318 g/mol. The van der Waals surface area contributed by atoms with Gasteiger partial charge in [0.25, 0.3) is 0 Å². The van der Waals surface area contributed by atoms with E-state index in [2.05, 4.69) is 12.2 Å². The number of nitrogens with one attached hydrogen (secondary N) is 1. The van der Waals surface area contributed by atoms with Gasteiger partial charge < -0.3 is 15.0 Å². The second-order valence-corrected chi connectivity index (χ2v) is 7.24. The minimum absolute atomic E-state index is 0.0437. The maximum absolute atomic E-state index is 12.6. The lowest BCUT2D eigenvalue weighted by atomic mass is 9.95. The van der Waals surface area contributed by atoms with Crippen molar-refractivity contribution in [2.75, 3.05) is 6.54 Å². The van der Waals surface area contributed by atoms with Crippen LogP contribution < -0.4 is 5.32 Å². The quantitative estimate of drug-likeness (QED) is 0.932. The van der Waals surface area contributed by atoms with Gasteiger partial charge in [-0.1, -0.05) is 37.3 Å². The lowest BCUT2D eigenvalue weighted by molar-refractivity contribution is -0.138. The number of piperidine rings is 1. The highest BCUT2D eigenvalue weighted by atomic mass is 16.6. The molecule has 2 unspecified atom stereocenters. The number of amides is 2. The van der Waals surface area contributed by atoms with Crippen molar-refractivity contribution >= 4 is 12.0 Å². The molecule has 1 aliphatic heterocycles. The highest BCUT2D eigenvalue weighted by Crippen LogP contribution is 2.20. The van der Waals surface area contributed by atoms with E-state index in [0.717, 1.165) is 5.56 Å². The molecule has 1 heterocycles. The van der Waals surface area contributed by atoms with Crippen LogP contribution in [-0.4, -0.2) is 35.1 Å². The normalized spacial score (nSPS) is 21.9. The molecular formula is C18H26N2O3. The molecule has 5 nitrogen and oxygen atoms in total. The summed E-state index contributed by atoms with van der Waals surface area (Å²) in [6.07, 6.45) is 0.105. The van der Waals surface area contributed by atoms with Crippen molar-refractivity contribution in [3.05, 3.63) is 35.9 Å². The van der Waals surface area contributed by atoms with E-state index in [-0.39, 0.29) is 5.91 Å². The number of hydrogen-bond acceptors (Lipinski definition) is 3. The molecule has 0 aromatic heterocycles. The number of nitrogens with zero attached hydrogens (tertiary/aromatic N) is 1. The number of likely N-dealkylation sites (tertiary alicyclic amines) is 1. The second-order valence-electron chi connectivity index (χ2n) is 7.24. The van der Waals surface area contributed by atoms with Gasteiger partial charge in [0.15, 0.2) is 0 Å². The average Bonchev–Trinajstić information content (AvgIpc) is 2.43. The number of rotatable bonds is 3. The summed E-state index contributed by atoms with van der Waals surface area (Å²) >= 11 is 0. The van der Waals surface area contributed by atoms with Gasteiger partial charge in [0, 0.05) is 13.1 Å². The molecule has 126 valence electrons. The van der Waals surface area contributed by atoms with E-state index in [9.17, 15) is 9.59 Å². The van der Waals surface area contributed by atoms with Crippen molar-refractivity contribution in [1.82, 2.24) is 10.2 Å². The van der Waals surface area contributed by atoms with Gasteiger partial charge in [-0.25, -0.2) is 4.79 Å². The Kier molecular flexibility index (Phi) is 5.29. The zero-order chi connectivity index (χ0) is 17.0. The van der Waals surface area contributed by atoms with E-state index in [4.69, 9.17) is 4.74 Å². The summed E-state index contributed by atoms with van der Waals surface area (Å²) in [5.41, 5.74) is 0.517. The summed E-state index contributed by atoms with van der Waals surface area (Å²) in [5, 5.41) is 2.72. The molecule has 1 aromatic carbocycles. The molecule has 0 spiro atoms. The summed E-state index contributed by atoms with van der Waals surface area (Å²) in [4.78, 5) is 26.4. The number of hydrogen-bond donors (Lipinski definition) is 1. The van der Waals surface area contributed by atoms with Gasteiger partial charge in [-0.15, -0.1) is 0 Å². The van der Waals surface area contributed by atoms with Crippen LogP contribution in [0.2, 0.25) is 0 Å². The molecule has 2 rings (SSSR count). The minimum atomic E-state index is -0.572. The number of carbonyl (C=O) groups is 2. The summed E-state index contributed by atoms with van der Waals surface area (Å²) < 4.78 is 5.26. The molecule has 1 fully saturated rings. The average molecular weight is 318 g/mol. The minimum Gasteiger partial charge on any atom is -0.444 e. The Balaban J connectivity index is 2.01. The Morgan fingerprint density at radius 1 is 1.30 bits per heavy atom. The molecule has 0 aliphatic carbocycles. The molecule has 1 saturated heterocycles. The summed E-state index contributed by atoms with van der Waals surface area (Å²) in [7, 11) is 0. The summed E-state index contributed by atoms with van der Waals surface area (Å²) in [6, 6.07) is 9.37. The van der Waals surface area contributed by atoms with Crippen LogP contribution in [0.15, 0.2) is 30.3 Å². The maximum Gasteiger partial charge on any atom is 0.408 e. The Bertz CT molecular complexity index is 551. The molecule has 0 radical (unpaired) electrons. The van der Waals surface area contributed by atoms with E-state index >= 15 is 0 Å². The standard InChI is InChI=1S/C18H26N2O3/c1-13-10-15(19-17(22)23-18(2,3)4)16(21)20(11-13)12-14-8-6-5-7-9-14/h5-9,13,15H,10-12H2,1-4H3,(H,19,22). The third-order valence-corrected chi connectivity index (χ3v) is 3.69. The van der Waals surface area contributed by atoms with Crippen molar-refractivity contribution in [3.63, 3.8) is 0 Å². The van der Waals surface area contributed by atoms with Crippen molar-refractivity contribution in [1.29, 1.82) is 0 Å². The predicted octanol–water partition coefficient (Wildman–Crippen LogP) is 2.95. The zero-order valence-electron chi connectivity index (χ0n) is 14.3. The number of carbonyl (C=O) groups excluding carboxylic acids is 2. The first-order valence-corrected chi connectivity index (χ1v) is 8.07. The first-order valence-electron chi connectivity index (χ1n) is 8.07. The van der Waals surface area contributed by atoms with Crippen molar-refractivity contribution in [2.45, 2.75) is 52.3 Å². The fourth-order valence-corrected chi connectivity index (χ4v) is 2.78. The van der Waals surface area contributed by atoms with Crippen LogP contribution in [0, 0.1) is 5.92 Å². The molecule has 1 aromatic rings. The number of benzene rings is 1. The van der Waals surface area contributed by atoms with Crippen molar-refractivity contribution < 1.29 is 14.3 Å². The van der Waals surface area contributed by atoms with Gasteiger partial charge in [0.05, 0.1) is 0 Å². The Hall–Kier alpha value is -2.04. The van der Waals surface area contributed by atoms with Crippen LogP contribution in [0.4, 0.5) is 4.79 Å². The second kappa shape index (κ2) is 7.02. The van der Waals surface area contributed by atoms with E-state index in [1.165, 1.54) is 0 Å². The lowest BCUT2D eigenvalue weighted by Gasteiger charge is -2.36. The Morgan fingerprint density at radius 2 is 1.96 bits per heavy atom. The number of ether oxygens (including phenoxy) is 1. The first-order chi connectivity index (χ1) is 10.7. The van der Waals surface area contributed by atoms with Crippen LogP contribution in [-0.2, 0) is 16.1 Å². The SMILES string of the molecule is CC1CC(NC(=O)OC(C)(C)C)C(=O)N(Cc2ccccc2)C1. The molecule has 5 heteroatoms. The van der Waals surface area contributed by atoms with Gasteiger partial charge in [-0.3, -0.25) is 4.79 Å². The van der Waals surface area contributed by atoms with E-state index in [1.54, 1.807) is 20.8 Å². The number of alkyl carbamates (subject to hydrolysis) is 1. The largest absolute Gasteiger partial charge is 0.444 e. The van der Waals surface area contributed by atoms with Crippen molar-refractivity contribution in [3.8, 4) is 0 Å². The summed E-state index contributed by atoms with van der Waals surface area (Å²) in [5.74, 6) is 0.286. The Morgan fingerprint density at radius 3 is 2.57 bits per heavy atom. The zero-order valence-corrected chi connectivity index (χ0v) is 14.3. The fourth-order valence-electron chi connectivity index (χ4n) is 2.78. The highest BCUT2D eigenvalue weighted by Gasteiger charge is 2.34. The van der Waals surface area contributed by atoms with Gasteiger partial charge in [-0.05, 0) is 38.7 Å². The van der Waals surface area contributed by atoms with Crippen LogP contribution >= 0.6 is 0 Å². The van der Waals surface area contributed by atoms with E-state index in [1.807, 2.05) is 35.2 Å². The van der Waals surface area contributed by atoms with Crippen LogP contribution in [0.1, 0.15) is 39.7 Å². The van der Waals surface area contributed by atoms with E-state index < -0.39 is 17.7 Å². The van der Waals surface area contributed by atoms with Crippen molar-refractivity contribution in [2.24, 2.45) is 5.92 Å². The van der Waals surface area contributed by atoms with Gasteiger partial charge >= 0.3 is 6.09 Å². The molecule has 2 atom stereocenters. The van der Waals surface area contributed by atoms with Gasteiger partial charge in [0.2, 0.25) is 5.91 Å². The lowest BCUT2D eigenvalue weighted by Crippen LogP contribution is -2.54. The third kappa shape index (κ3) is 5.27. The first kappa shape index (κ1) is 17.3. The molecule has 0 bridgehead atoms. The maximum atomic E-state index is 12.6. The fraction of sp³-hybridized carbons (Fsp3) is 0.556. The summed E-state index contributed by atoms with van der Waals surface area (Å²) in [6.45, 7) is 8.78. The third-order valence-electron chi connectivity index (χ3n) is 3.69. The van der Waals surface area contributed by atoms with E-state index in [0.29, 0.717) is 25.4 Å². The highest BCUT2D eigenvalue weighted by molar-refractivity contribution is 5.86. The molecule has 23 heavy (non-hydrogen) atoms. The Labute approximate surface area is 138 Å². The molecule has 1 N–H and O–H groups in total.